The fourth-order valence-electron chi connectivity index (χ4n) is 3.07. The number of carbonyl (C=O) groups is 2. The first-order chi connectivity index (χ1) is 13.5. The molecule has 7 heteroatoms. The van der Waals surface area contributed by atoms with Crippen molar-refractivity contribution in [2.45, 2.75) is 6.10 Å². The predicted octanol–water partition coefficient (Wildman–Crippen LogP) is 5.48. The minimum atomic E-state index is -1.18. The smallest absolute Gasteiger partial charge is 0.405 e. The van der Waals surface area contributed by atoms with Crippen LogP contribution < -0.4 is 11.1 Å². The highest BCUT2D eigenvalue weighted by atomic mass is 35.5. The Morgan fingerprint density at radius 3 is 2.61 bits per heavy atom. The van der Waals surface area contributed by atoms with Gasteiger partial charge in [0.1, 0.15) is 0 Å². The molecule has 28 heavy (non-hydrogen) atoms. The van der Waals surface area contributed by atoms with Gasteiger partial charge in [-0.25, -0.2) is 4.79 Å². The number of hydrogen-bond donors (Lipinski definition) is 2. The second-order valence-corrected chi connectivity index (χ2v) is 7.55. The van der Waals surface area contributed by atoms with Gasteiger partial charge < -0.3 is 15.8 Å². The van der Waals surface area contributed by atoms with Crippen LogP contribution in [0.5, 0.6) is 0 Å². The molecule has 1 aromatic heterocycles. The summed E-state index contributed by atoms with van der Waals surface area (Å²) in [6.07, 6.45) is -2.21. The van der Waals surface area contributed by atoms with E-state index < -0.39 is 18.1 Å². The lowest BCUT2D eigenvalue weighted by Gasteiger charge is -2.16. The summed E-state index contributed by atoms with van der Waals surface area (Å²) in [5.41, 5.74) is 6.35. The molecule has 0 aliphatic heterocycles. The van der Waals surface area contributed by atoms with Crippen LogP contribution in [-0.4, -0.2) is 12.0 Å². The predicted molar refractivity (Wildman–Crippen MR) is 113 cm³/mol. The first-order valence-electron chi connectivity index (χ1n) is 8.44. The molecule has 5 nitrogen and oxygen atoms in total. The number of primary amides is 1. The highest BCUT2D eigenvalue weighted by molar-refractivity contribution is 7.17. The van der Waals surface area contributed by atoms with Crippen molar-refractivity contribution in [3.05, 3.63) is 76.6 Å². The Balaban J connectivity index is 1.68. The first kappa shape index (κ1) is 18.3. The molecule has 2 amide bonds. The molecule has 0 saturated carbocycles. The van der Waals surface area contributed by atoms with Crippen LogP contribution in [0.1, 0.15) is 11.7 Å². The Labute approximate surface area is 169 Å². The standard InChI is InChI=1S/C21H15ClN2O3S/c22-14-6-8-18-16(10-14)17(11-28-18)19(27-21(23)26)20(25)24-15-7-5-12-3-1-2-4-13(12)9-15/h1-11,19H,(H2,23,26)(H,24,25). The second kappa shape index (κ2) is 7.50. The lowest BCUT2D eigenvalue weighted by molar-refractivity contribution is -0.124. The van der Waals surface area contributed by atoms with E-state index >= 15 is 0 Å². The van der Waals surface area contributed by atoms with E-state index in [0.717, 1.165) is 20.9 Å². The third-order valence-electron chi connectivity index (χ3n) is 4.34. The van der Waals surface area contributed by atoms with Gasteiger partial charge in [-0.3, -0.25) is 4.79 Å². The number of ether oxygens (including phenoxy) is 1. The molecule has 0 aliphatic carbocycles. The third-order valence-corrected chi connectivity index (χ3v) is 5.55. The van der Waals surface area contributed by atoms with Crippen molar-refractivity contribution in [1.82, 2.24) is 0 Å². The summed E-state index contributed by atoms with van der Waals surface area (Å²) in [5, 5.41) is 7.90. The molecule has 1 unspecified atom stereocenters. The van der Waals surface area contributed by atoms with Gasteiger partial charge in [0.25, 0.3) is 5.91 Å². The minimum Gasteiger partial charge on any atom is -0.431 e. The Hall–Kier alpha value is -3.09. The average Bonchev–Trinajstić information content (AvgIpc) is 3.08. The van der Waals surface area contributed by atoms with Crippen molar-refractivity contribution < 1.29 is 14.3 Å². The molecule has 3 aromatic carbocycles. The third kappa shape index (κ3) is 3.65. The molecule has 0 fully saturated rings. The zero-order chi connectivity index (χ0) is 19.7. The summed E-state index contributed by atoms with van der Waals surface area (Å²) in [4.78, 5) is 24.4. The van der Waals surface area contributed by atoms with Crippen LogP contribution in [0.4, 0.5) is 10.5 Å². The minimum absolute atomic E-state index is 0.492. The number of nitrogens with one attached hydrogen (secondary N) is 1. The van der Waals surface area contributed by atoms with Gasteiger partial charge in [-0.15, -0.1) is 11.3 Å². The molecule has 4 aromatic rings. The lowest BCUT2D eigenvalue weighted by Crippen LogP contribution is -2.27. The molecule has 1 heterocycles. The zero-order valence-corrected chi connectivity index (χ0v) is 16.1. The van der Waals surface area contributed by atoms with E-state index in [4.69, 9.17) is 22.1 Å². The maximum atomic E-state index is 12.9. The van der Waals surface area contributed by atoms with Gasteiger partial charge in [-0.05, 0) is 46.5 Å². The molecular formula is C21H15ClN2O3S. The number of halogens is 1. The second-order valence-electron chi connectivity index (χ2n) is 6.20. The Kier molecular flexibility index (Phi) is 4.90. The summed E-state index contributed by atoms with van der Waals surface area (Å²) in [6.45, 7) is 0. The van der Waals surface area contributed by atoms with Crippen LogP contribution in [0.2, 0.25) is 5.02 Å². The number of hydrogen-bond acceptors (Lipinski definition) is 4. The van der Waals surface area contributed by atoms with Crippen molar-refractivity contribution in [3.8, 4) is 0 Å². The van der Waals surface area contributed by atoms with Gasteiger partial charge in [-0.1, -0.05) is 41.9 Å². The van der Waals surface area contributed by atoms with E-state index in [-0.39, 0.29) is 0 Å². The normalized spacial score (nSPS) is 12.0. The van der Waals surface area contributed by atoms with Crippen LogP contribution in [0.25, 0.3) is 20.9 Å². The van der Waals surface area contributed by atoms with Gasteiger partial charge in [-0.2, -0.15) is 0 Å². The number of anilines is 1. The number of benzene rings is 3. The zero-order valence-electron chi connectivity index (χ0n) is 14.5. The largest absolute Gasteiger partial charge is 0.431 e. The van der Waals surface area contributed by atoms with Crippen molar-refractivity contribution in [1.29, 1.82) is 0 Å². The lowest BCUT2D eigenvalue weighted by atomic mass is 10.1. The van der Waals surface area contributed by atoms with Gasteiger partial charge in [0, 0.05) is 26.4 Å². The number of thiophene rings is 1. The Morgan fingerprint density at radius 2 is 1.82 bits per heavy atom. The van der Waals surface area contributed by atoms with Crippen molar-refractivity contribution >= 4 is 61.5 Å². The number of nitrogens with two attached hydrogens (primary N) is 1. The van der Waals surface area contributed by atoms with Crippen LogP contribution in [0, 0.1) is 0 Å². The van der Waals surface area contributed by atoms with E-state index in [0.29, 0.717) is 16.3 Å². The summed E-state index contributed by atoms with van der Waals surface area (Å²) in [6, 6.07) is 18.7. The molecule has 0 saturated heterocycles. The van der Waals surface area contributed by atoms with E-state index in [2.05, 4.69) is 5.32 Å². The Bertz CT molecular complexity index is 1200. The maximum absolute atomic E-state index is 12.9. The summed E-state index contributed by atoms with van der Waals surface area (Å²) in [7, 11) is 0. The fourth-order valence-corrected chi connectivity index (χ4v) is 4.20. The number of carbonyl (C=O) groups excluding carboxylic acids is 2. The van der Waals surface area contributed by atoms with Crippen LogP contribution in [-0.2, 0) is 9.53 Å². The maximum Gasteiger partial charge on any atom is 0.405 e. The molecule has 0 bridgehead atoms. The van der Waals surface area contributed by atoms with E-state index in [1.807, 2.05) is 42.5 Å². The van der Waals surface area contributed by atoms with Gasteiger partial charge in [0.15, 0.2) is 0 Å². The molecule has 4 rings (SSSR count). The van der Waals surface area contributed by atoms with Gasteiger partial charge in [0.05, 0.1) is 0 Å². The van der Waals surface area contributed by atoms with E-state index in [1.54, 1.807) is 23.6 Å². The molecule has 140 valence electrons. The van der Waals surface area contributed by atoms with Crippen molar-refractivity contribution in [2.24, 2.45) is 5.73 Å². The molecule has 0 radical (unpaired) electrons. The topological polar surface area (TPSA) is 81.4 Å². The fraction of sp³-hybridized carbons (Fsp3) is 0.0476. The van der Waals surface area contributed by atoms with E-state index in [1.165, 1.54) is 11.3 Å². The molecular weight excluding hydrogens is 396 g/mol. The summed E-state index contributed by atoms with van der Waals surface area (Å²) < 4.78 is 6.08. The van der Waals surface area contributed by atoms with Gasteiger partial charge in [0.2, 0.25) is 6.10 Å². The monoisotopic (exact) mass is 410 g/mol. The number of fused-ring (bicyclic) bond motifs is 2. The van der Waals surface area contributed by atoms with Crippen molar-refractivity contribution in [2.75, 3.05) is 5.32 Å². The molecule has 3 N–H and O–H groups in total. The number of rotatable bonds is 4. The highest BCUT2D eigenvalue weighted by Crippen LogP contribution is 2.34. The number of amides is 2. The summed E-state index contributed by atoms with van der Waals surface area (Å²) >= 11 is 7.53. The summed E-state index contributed by atoms with van der Waals surface area (Å²) in [5.74, 6) is -0.492. The highest BCUT2D eigenvalue weighted by Gasteiger charge is 2.27. The average molecular weight is 411 g/mol. The van der Waals surface area contributed by atoms with Crippen LogP contribution in [0.3, 0.4) is 0 Å². The van der Waals surface area contributed by atoms with E-state index in [9.17, 15) is 9.59 Å². The first-order valence-corrected chi connectivity index (χ1v) is 9.69. The van der Waals surface area contributed by atoms with Crippen molar-refractivity contribution in [3.63, 3.8) is 0 Å². The molecule has 0 spiro atoms. The van der Waals surface area contributed by atoms with Crippen LogP contribution >= 0.6 is 22.9 Å². The quantitative estimate of drug-likeness (QED) is 0.467. The van der Waals surface area contributed by atoms with Gasteiger partial charge >= 0.3 is 6.09 Å². The molecule has 0 aliphatic rings. The van der Waals surface area contributed by atoms with Crippen LogP contribution in [0.15, 0.2) is 66.0 Å². The molecule has 1 atom stereocenters. The Morgan fingerprint density at radius 1 is 1.04 bits per heavy atom. The SMILES string of the molecule is NC(=O)OC(C(=O)Nc1ccc2ccccc2c1)c1csc2ccc(Cl)cc12.